The van der Waals surface area contributed by atoms with Crippen LogP contribution in [0.3, 0.4) is 0 Å². The topological polar surface area (TPSA) is 21.7 Å². The van der Waals surface area contributed by atoms with E-state index in [0.717, 1.165) is 72.5 Å². The molecule has 0 unspecified atom stereocenters. The Morgan fingerprint density at radius 2 is 0.574 bits per heavy atom. The van der Waals surface area contributed by atoms with Crippen LogP contribution in [0.25, 0.3) is 53.5 Å². The van der Waals surface area contributed by atoms with Crippen molar-refractivity contribution in [3.63, 3.8) is 0 Å². The average molecular weight is 1220 g/mol. The summed E-state index contributed by atoms with van der Waals surface area (Å²) in [5.74, 6) is 0. The largest absolute Gasteiger partial charge is 0.320 e. The number of hydrogen-bond acceptors (Lipinski definition) is 4. The summed E-state index contributed by atoms with van der Waals surface area (Å²) >= 11 is 0. The van der Waals surface area contributed by atoms with Gasteiger partial charge in [-0.2, -0.15) is 0 Å². The molecule has 16 rings (SSSR count). The molecule has 0 spiro atoms. The molecule has 0 aromatic heterocycles. The van der Waals surface area contributed by atoms with Gasteiger partial charge in [-0.05, 0) is 224 Å². The van der Waals surface area contributed by atoms with Gasteiger partial charge in [-0.3, -0.25) is 0 Å². The molecule has 2 aliphatic carbocycles. The summed E-state index contributed by atoms with van der Waals surface area (Å²) in [7, 11) is 0. The van der Waals surface area contributed by atoms with Gasteiger partial charge >= 0.3 is 0 Å². The van der Waals surface area contributed by atoms with E-state index in [1.54, 1.807) is 9.80 Å². The number of para-hydroxylation sites is 10. The molecule has 0 atom stereocenters. The standard InChI is InChI=1S/C45H32N4.C43H34N2/c1-45(2)39-29-32-27-35(48(33-15-7-5-8-16-33)43-21-13-11-19-41(43)46-3)24-23-31(32)28-38(39)37-26-25-36(30-40(37)45)49(34-17-9-6-10-18-34)44-22-14-12-20-42(44)47-4;1-43(2)41-29-32-27-37(44(33-15-7-3-8-16-33)34-17-9-4-10-18-34)24-23-31(32)28-40(41)39-26-25-38(30-42(39)43)45(35-19-11-5-12-20-35)36-21-13-6-14-22-36/h5-30H,1-2H3;3-30H,1-2H3/i;3D,5D,7D,8D,11D,12D,15D,16D,19D,20D. The van der Waals surface area contributed by atoms with Crippen LogP contribution in [0.1, 0.15) is 63.7 Å². The minimum Gasteiger partial charge on any atom is -0.320 e. The van der Waals surface area contributed by atoms with Crippen LogP contribution in [0, 0.1) is 13.1 Å². The van der Waals surface area contributed by atoms with Gasteiger partial charge in [-0.25, -0.2) is 9.69 Å². The van der Waals surface area contributed by atoms with E-state index < -0.39 is 41.7 Å². The molecular weight excluding hydrogens is 1140 g/mol. The van der Waals surface area contributed by atoms with Crippen LogP contribution in [-0.2, 0) is 10.8 Å². The third kappa shape index (κ3) is 10.4. The summed E-state index contributed by atoms with van der Waals surface area (Å²) in [4.78, 5) is 15.5. The first kappa shape index (κ1) is 47.7. The number of rotatable bonds is 12. The highest BCUT2D eigenvalue weighted by atomic mass is 15.2. The molecule has 6 heteroatoms. The van der Waals surface area contributed by atoms with Gasteiger partial charge in [0.25, 0.3) is 0 Å². The molecule has 0 heterocycles. The van der Waals surface area contributed by atoms with Crippen LogP contribution in [0.5, 0.6) is 0 Å². The quantitative estimate of drug-likeness (QED) is 0.114. The van der Waals surface area contributed by atoms with Crippen molar-refractivity contribution in [2.45, 2.75) is 38.5 Å². The second kappa shape index (κ2) is 24.2. The van der Waals surface area contributed by atoms with Gasteiger partial charge in [-0.1, -0.05) is 197 Å². The minimum atomic E-state index is -0.515. The lowest BCUT2D eigenvalue weighted by Crippen LogP contribution is -2.16. The molecule has 0 bridgehead atoms. The van der Waals surface area contributed by atoms with Crippen molar-refractivity contribution < 1.29 is 13.7 Å². The first-order valence-electron chi connectivity index (χ1n) is 36.1. The second-order valence-electron chi connectivity index (χ2n) is 24.4. The predicted octanol–water partition coefficient (Wildman–Crippen LogP) is 25.3. The normalized spacial score (nSPS) is 14.1. The van der Waals surface area contributed by atoms with Crippen molar-refractivity contribution in [2.24, 2.45) is 0 Å². The summed E-state index contributed by atoms with van der Waals surface area (Å²) < 4.78 is 85.2. The zero-order chi connectivity index (χ0) is 72.6. The molecule has 94 heavy (non-hydrogen) atoms. The van der Waals surface area contributed by atoms with Gasteiger partial charge in [0.2, 0.25) is 11.4 Å². The molecule has 0 N–H and O–H groups in total. The fourth-order valence-electron chi connectivity index (χ4n) is 13.6. The van der Waals surface area contributed by atoms with E-state index in [4.69, 9.17) is 26.9 Å². The molecule has 6 nitrogen and oxygen atoms in total. The summed E-state index contributed by atoms with van der Waals surface area (Å²) in [5, 5.41) is 4.17. The number of nitrogens with zero attached hydrogens (tertiary/aromatic N) is 6. The Morgan fingerprint density at radius 3 is 0.957 bits per heavy atom. The Morgan fingerprint density at radius 1 is 0.266 bits per heavy atom. The molecule has 0 aliphatic heterocycles. The molecule has 14 aromatic rings. The Kier molecular flexibility index (Phi) is 12.3. The van der Waals surface area contributed by atoms with E-state index in [2.05, 4.69) is 132 Å². The van der Waals surface area contributed by atoms with Crippen molar-refractivity contribution in [1.82, 2.24) is 0 Å². The van der Waals surface area contributed by atoms with Crippen molar-refractivity contribution in [3.8, 4) is 22.3 Å². The molecule has 0 saturated carbocycles. The SMILES string of the molecule is [2H]c1c([2H])c([2H])c(N(c2ccccc2)c2ccc3c(c2)C(C)(C)c2cc4cc(N(c5ccccc5)c5c([2H])c([2H])c([2H])c([2H])c5[2H])ccc4cc2-3)c([2H])c1[2H].[C-]#[N+]c1ccccc1N(c1ccccc1)c1ccc2c(c1)C(C)(C)c1cc3cc(N(c4ccccc4)c4ccccc4[N+]#[C-])ccc3cc1-2. The lowest BCUT2D eigenvalue weighted by Gasteiger charge is -2.29. The van der Waals surface area contributed by atoms with Crippen molar-refractivity contribution >= 4 is 101 Å². The fraction of sp³-hybridized carbons (Fsp3) is 0.0682. The van der Waals surface area contributed by atoms with E-state index >= 15 is 0 Å². The molecule has 0 saturated heterocycles. The van der Waals surface area contributed by atoms with E-state index in [1.165, 1.54) is 27.6 Å². The minimum absolute atomic E-state index is 0.0556. The predicted molar refractivity (Wildman–Crippen MR) is 394 cm³/mol. The van der Waals surface area contributed by atoms with E-state index in [9.17, 15) is 0 Å². The highest BCUT2D eigenvalue weighted by Crippen LogP contribution is 2.55. The third-order valence-corrected chi connectivity index (χ3v) is 18.2. The first-order valence-corrected chi connectivity index (χ1v) is 31.1. The monoisotopic (exact) mass is 1220 g/mol. The Labute approximate surface area is 565 Å². The van der Waals surface area contributed by atoms with Crippen LogP contribution in [0.2, 0.25) is 0 Å². The summed E-state index contributed by atoms with van der Waals surface area (Å²) in [6.45, 7) is 24.6. The molecule has 0 amide bonds. The molecule has 0 fully saturated rings. The van der Waals surface area contributed by atoms with E-state index in [0.29, 0.717) is 34.1 Å². The van der Waals surface area contributed by atoms with Gasteiger partial charge in [0.05, 0.1) is 38.2 Å². The van der Waals surface area contributed by atoms with Gasteiger partial charge in [-0.15, -0.1) is 0 Å². The molecule has 2 aliphatic rings. The number of benzene rings is 14. The van der Waals surface area contributed by atoms with Crippen LogP contribution in [0.4, 0.5) is 79.6 Å². The molecule has 448 valence electrons. The van der Waals surface area contributed by atoms with Gasteiger partial charge in [0.15, 0.2) is 0 Å². The maximum Gasteiger partial charge on any atom is 0.210 e. The van der Waals surface area contributed by atoms with Crippen LogP contribution in [0.15, 0.2) is 327 Å². The summed E-state index contributed by atoms with van der Waals surface area (Å²) in [5.41, 5.74) is 18.0. The molecule has 0 radical (unpaired) electrons. The lowest BCUT2D eigenvalue weighted by atomic mass is 9.81. The van der Waals surface area contributed by atoms with Gasteiger partial charge in [0, 0.05) is 67.7 Å². The Balaban J connectivity index is 0.000000168. The Hall–Kier alpha value is -12.2. The number of fused-ring (bicyclic) bond motifs is 8. The zero-order valence-electron chi connectivity index (χ0n) is 62.1. The lowest BCUT2D eigenvalue weighted by molar-refractivity contribution is 0.661. The van der Waals surface area contributed by atoms with Gasteiger partial charge < -0.3 is 19.6 Å². The van der Waals surface area contributed by atoms with E-state index in [1.807, 2.05) is 182 Å². The summed E-state index contributed by atoms with van der Waals surface area (Å²) in [6, 6.07) is 85.0. The first-order chi connectivity index (χ1) is 50.2. The highest BCUT2D eigenvalue weighted by molar-refractivity contribution is 6.00. The summed E-state index contributed by atoms with van der Waals surface area (Å²) in [6.07, 6.45) is 0. The average Bonchev–Trinajstić information content (AvgIpc) is 1.55. The van der Waals surface area contributed by atoms with Crippen LogP contribution < -0.4 is 19.6 Å². The van der Waals surface area contributed by atoms with Crippen molar-refractivity contribution in [1.29, 1.82) is 0 Å². The molecule has 14 aromatic carbocycles. The van der Waals surface area contributed by atoms with Gasteiger partial charge in [0.1, 0.15) is 0 Å². The van der Waals surface area contributed by atoms with Crippen LogP contribution >= 0.6 is 0 Å². The third-order valence-electron chi connectivity index (χ3n) is 18.2. The maximum atomic E-state index is 8.83. The fourth-order valence-corrected chi connectivity index (χ4v) is 13.6. The highest BCUT2D eigenvalue weighted by Gasteiger charge is 2.38. The number of hydrogen-bond donors (Lipinski definition) is 0. The van der Waals surface area contributed by atoms with E-state index in [-0.39, 0.29) is 41.0 Å². The van der Waals surface area contributed by atoms with Crippen LogP contribution in [-0.4, -0.2) is 0 Å². The maximum absolute atomic E-state index is 8.83. The molecular formula is C88H66N6. The second-order valence-corrected chi connectivity index (χ2v) is 24.4. The Bertz CT molecular complexity index is 5820. The zero-order valence-corrected chi connectivity index (χ0v) is 52.1. The van der Waals surface area contributed by atoms with Crippen molar-refractivity contribution in [2.75, 3.05) is 19.6 Å². The smallest absolute Gasteiger partial charge is 0.210 e. The number of anilines is 12. The van der Waals surface area contributed by atoms with Crippen molar-refractivity contribution in [3.05, 3.63) is 372 Å².